The van der Waals surface area contributed by atoms with Gasteiger partial charge in [-0.2, -0.15) is 0 Å². The molecule has 10 heavy (non-hydrogen) atoms. The van der Waals surface area contributed by atoms with Crippen LogP contribution in [0.4, 0.5) is 0 Å². The highest BCUT2D eigenvalue weighted by molar-refractivity contribution is 9.09. The smallest absolute Gasteiger partial charge is 0.294 e. The third-order valence-corrected chi connectivity index (χ3v) is 0.970. The fraction of sp³-hybridized carbons (Fsp3) is 1.00. The number of hydrogen-bond donors (Lipinski definition) is 0. The summed E-state index contributed by atoms with van der Waals surface area (Å²) in [5.41, 5.74) is 0. The number of halogens is 1. The Hall–Kier alpha value is -0.360. The molecule has 0 radical (unpaired) electrons. The summed E-state index contributed by atoms with van der Waals surface area (Å²) in [4.78, 5) is 13.5. The van der Waals surface area contributed by atoms with Gasteiger partial charge in [0.05, 0.1) is 13.2 Å². The van der Waals surface area contributed by atoms with E-state index in [-0.39, 0.29) is 13.2 Å². The highest BCUT2D eigenvalue weighted by atomic mass is 79.9. The van der Waals surface area contributed by atoms with Gasteiger partial charge in [-0.25, -0.2) is 0 Å². The lowest BCUT2D eigenvalue weighted by molar-refractivity contribution is -0.758. The zero-order chi connectivity index (χ0) is 7.82. The molecule has 0 rings (SSSR count). The van der Waals surface area contributed by atoms with Gasteiger partial charge < -0.3 is 9.57 Å². The largest absolute Gasteiger partial charge is 0.379 e. The van der Waals surface area contributed by atoms with Crippen LogP contribution in [0.15, 0.2) is 0 Å². The molecule has 0 atom stereocenters. The zero-order valence-electron chi connectivity index (χ0n) is 5.29. The Morgan fingerprint density at radius 3 is 2.60 bits per heavy atom. The summed E-state index contributed by atoms with van der Waals surface area (Å²) in [5.74, 6) is 0. The van der Waals surface area contributed by atoms with Crippen molar-refractivity contribution < 1.29 is 14.7 Å². The maximum absolute atomic E-state index is 9.55. The Labute approximate surface area is 66.5 Å². The third kappa shape index (κ3) is 7.64. The Morgan fingerprint density at radius 2 is 2.10 bits per heavy atom. The summed E-state index contributed by atoms with van der Waals surface area (Å²) in [6.45, 7) is 0.799. The van der Waals surface area contributed by atoms with Crippen molar-refractivity contribution in [2.45, 2.75) is 0 Å². The van der Waals surface area contributed by atoms with Crippen molar-refractivity contribution in [1.29, 1.82) is 0 Å². The van der Waals surface area contributed by atoms with Crippen molar-refractivity contribution in [3.63, 3.8) is 0 Å². The molecule has 6 heteroatoms. The molecule has 5 nitrogen and oxygen atoms in total. The van der Waals surface area contributed by atoms with E-state index in [4.69, 9.17) is 4.74 Å². The van der Waals surface area contributed by atoms with Gasteiger partial charge in [0.15, 0.2) is 0 Å². The quantitative estimate of drug-likeness (QED) is 0.281. The van der Waals surface area contributed by atoms with Crippen LogP contribution in [-0.2, 0) is 9.57 Å². The molecule has 0 aromatic rings. The summed E-state index contributed by atoms with van der Waals surface area (Å²) in [7, 11) is 0. The predicted octanol–water partition coefficient (Wildman–Crippen LogP) is 0.606. The van der Waals surface area contributed by atoms with Crippen LogP contribution in [0.25, 0.3) is 0 Å². The van der Waals surface area contributed by atoms with Crippen molar-refractivity contribution in [3.05, 3.63) is 10.1 Å². The summed E-state index contributed by atoms with van der Waals surface area (Å²) < 4.78 is 4.86. The van der Waals surface area contributed by atoms with Crippen LogP contribution in [0.2, 0.25) is 0 Å². The van der Waals surface area contributed by atoms with E-state index in [0.717, 1.165) is 5.33 Å². The maximum Gasteiger partial charge on any atom is 0.294 e. The van der Waals surface area contributed by atoms with Crippen molar-refractivity contribution in [3.8, 4) is 0 Å². The highest BCUT2D eigenvalue weighted by Crippen LogP contribution is 1.82. The van der Waals surface area contributed by atoms with Gasteiger partial charge in [-0.15, -0.1) is 10.1 Å². The number of ether oxygens (including phenoxy) is 1. The topological polar surface area (TPSA) is 61.6 Å². The maximum atomic E-state index is 9.55. The van der Waals surface area contributed by atoms with E-state index in [0.29, 0.717) is 6.61 Å². The number of alkyl halides is 1. The van der Waals surface area contributed by atoms with Crippen LogP contribution in [0, 0.1) is 10.1 Å². The average molecular weight is 214 g/mol. The van der Waals surface area contributed by atoms with Crippen LogP contribution in [0.3, 0.4) is 0 Å². The van der Waals surface area contributed by atoms with E-state index in [1.165, 1.54) is 0 Å². The van der Waals surface area contributed by atoms with Gasteiger partial charge in [0.2, 0.25) is 0 Å². The molecule has 0 N–H and O–H groups in total. The van der Waals surface area contributed by atoms with E-state index < -0.39 is 5.09 Å². The molecule has 0 bridgehead atoms. The van der Waals surface area contributed by atoms with Crippen molar-refractivity contribution >= 4 is 15.9 Å². The molecule has 0 saturated heterocycles. The summed E-state index contributed by atoms with van der Waals surface area (Å²) >= 11 is 3.13. The minimum atomic E-state index is -0.836. The molecular formula is C4H8BrNO4. The molecule has 0 aliphatic rings. The molecule has 0 heterocycles. The monoisotopic (exact) mass is 213 g/mol. The van der Waals surface area contributed by atoms with Gasteiger partial charge in [-0.3, -0.25) is 0 Å². The molecule has 0 fully saturated rings. The molecule has 60 valence electrons. The van der Waals surface area contributed by atoms with E-state index in [1.54, 1.807) is 0 Å². The Balaban J connectivity index is 2.84. The second-order valence-corrected chi connectivity index (χ2v) is 2.15. The van der Waals surface area contributed by atoms with Gasteiger partial charge in [0, 0.05) is 5.33 Å². The number of rotatable bonds is 6. The molecule has 0 amide bonds. The van der Waals surface area contributed by atoms with E-state index >= 15 is 0 Å². The Morgan fingerprint density at radius 1 is 1.40 bits per heavy atom. The molecule has 0 unspecified atom stereocenters. The predicted molar refractivity (Wildman–Crippen MR) is 37.6 cm³/mol. The van der Waals surface area contributed by atoms with Gasteiger partial charge >= 0.3 is 0 Å². The van der Waals surface area contributed by atoms with Crippen LogP contribution in [-0.4, -0.2) is 30.2 Å². The van der Waals surface area contributed by atoms with Crippen LogP contribution < -0.4 is 0 Å². The first-order chi connectivity index (χ1) is 4.77. The van der Waals surface area contributed by atoms with Crippen molar-refractivity contribution in [1.82, 2.24) is 0 Å². The van der Waals surface area contributed by atoms with Gasteiger partial charge in [-0.05, 0) is 0 Å². The van der Waals surface area contributed by atoms with Crippen molar-refractivity contribution in [2.24, 2.45) is 0 Å². The normalized spacial score (nSPS) is 9.30. The Kier molecular flexibility index (Phi) is 6.51. The van der Waals surface area contributed by atoms with Gasteiger partial charge in [-0.1, -0.05) is 15.9 Å². The second kappa shape index (κ2) is 6.76. The third-order valence-electron chi connectivity index (χ3n) is 0.646. The lowest BCUT2D eigenvalue weighted by atomic mass is 10.7. The number of hydrogen-bond acceptors (Lipinski definition) is 4. The first-order valence-electron chi connectivity index (χ1n) is 2.68. The van der Waals surface area contributed by atoms with Crippen molar-refractivity contribution in [2.75, 3.05) is 25.2 Å². The first kappa shape index (κ1) is 9.64. The van der Waals surface area contributed by atoms with E-state index in [2.05, 4.69) is 20.8 Å². The van der Waals surface area contributed by atoms with Gasteiger partial charge in [0.25, 0.3) is 5.09 Å². The lowest BCUT2D eigenvalue weighted by Gasteiger charge is -1.98. The van der Waals surface area contributed by atoms with E-state index in [9.17, 15) is 10.1 Å². The molecular weight excluding hydrogens is 206 g/mol. The Bertz CT molecular complexity index is 99.3. The number of nitrogens with zero attached hydrogens (tertiary/aromatic N) is 1. The molecule has 0 saturated carbocycles. The molecule has 0 aliphatic heterocycles. The van der Waals surface area contributed by atoms with Gasteiger partial charge in [0.1, 0.15) is 6.61 Å². The fourth-order valence-corrected chi connectivity index (χ4v) is 0.556. The van der Waals surface area contributed by atoms with Crippen LogP contribution in [0.5, 0.6) is 0 Å². The molecule has 0 aromatic carbocycles. The SMILES string of the molecule is O=[N+]([O-])OCCOCCBr. The van der Waals surface area contributed by atoms with Crippen LogP contribution >= 0.6 is 15.9 Å². The zero-order valence-corrected chi connectivity index (χ0v) is 6.87. The average Bonchev–Trinajstić information content (AvgIpc) is 1.87. The second-order valence-electron chi connectivity index (χ2n) is 1.36. The fourth-order valence-electron chi connectivity index (χ4n) is 0.327. The summed E-state index contributed by atoms with van der Waals surface area (Å²) in [6.07, 6.45) is 0. The van der Waals surface area contributed by atoms with E-state index in [1.807, 2.05) is 0 Å². The first-order valence-corrected chi connectivity index (χ1v) is 3.80. The molecule has 0 spiro atoms. The molecule has 0 aromatic heterocycles. The van der Waals surface area contributed by atoms with Crippen LogP contribution in [0.1, 0.15) is 0 Å². The highest BCUT2D eigenvalue weighted by Gasteiger charge is 1.92. The summed E-state index contributed by atoms with van der Waals surface area (Å²) in [5, 5.41) is 9.44. The summed E-state index contributed by atoms with van der Waals surface area (Å²) in [6, 6.07) is 0. The standard InChI is InChI=1S/C4H8BrNO4/c5-1-2-9-3-4-10-6(7)8/h1-4H2. The molecule has 0 aliphatic carbocycles. The minimum Gasteiger partial charge on any atom is -0.379 e. The minimum absolute atomic E-state index is 0. The lowest BCUT2D eigenvalue weighted by Crippen LogP contribution is -2.09.